The van der Waals surface area contributed by atoms with Gasteiger partial charge in [0.25, 0.3) is 11.4 Å². The molecule has 0 bridgehead atoms. The van der Waals surface area contributed by atoms with Crippen LogP contribution in [0.5, 0.6) is 0 Å². The van der Waals surface area contributed by atoms with Crippen LogP contribution in [0.15, 0.2) is 72.8 Å². The molecule has 3 rings (SSSR count). The molecule has 6 heteroatoms. The highest BCUT2D eigenvalue weighted by molar-refractivity contribution is 5.79. The minimum Gasteiger partial charge on any atom is -0.258 e. The topological polar surface area (TPSA) is 86.3 Å². The predicted octanol–water partition coefficient (Wildman–Crippen LogP) is 5.84. The zero-order valence-electron chi connectivity index (χ0n) is 14.8. The molecule has 0 atom stereocenters. The number of benzene rings is 3. The van der Waals surface area contributed by atoms with Crippen molar-refractivity contribution in [2.24, 2.45) is 0 Å². The molecule has 3 aromatic rings. The average Bonchev–Trinajstić information content (AvgIpc) is 2.71. The number of nitrogens with zero attached hydrogens (tertiary/aromatic N) is 2. The molecule has 0 unspecified atom stereocenters. The second-order valence-electron chi connectivity index (χ2n) is 6.00. The summed E-state index contributed by atoms with van der Waals surface area (Å²) in [5, 5.41) is 21.8. The van der Waals surface area contributed by atoms with Gasteiger partial charge in [0.2, 0.25) is 0 Å². The van der Waals surface area contributed by atoms with E-state index in [-0.39, 0.29) is 11.4 Å². The number of rotatable bonds is 6. The average molecular weight is 372 g/mol. The van der Waals surface area contributed by atoms with E-state index in [0.29, 0.717) is 0 Å². The summed E-state index contributed by atoms with van der Waals surface area (Å²) in [4.78, 5) is 20.9. The Morgan fingerprint density at radius 1 is 0.571 bits per heavy atom. The van der Waals surface area contributed by atoms with Crippen molar-refractivity contribution in [1.29, 1.82) is 0 Å². The van der Waals surface area contributed by atoms with Crippen molar-refractivity contribution in [1.82, 2.24) is 0 Å². The number of nitro benzene ring substituents is 2. The first kappa shape index (κ1) is 18.7. The summed E-state index contributed by atoms with van der Waals surface area (Å²) in [6.07, 6.45) is 7.39. The maximum absolute atomic E-state index is 10.9. The van der Waals surface area contributed by atoms with Crippen molar-refractivity contribution in [2.75, 3.05) is 0 Å². The Balaban J connectivity index is 1.85. The Morgan fingerprint density at radius 2 is 1.00 bits per heavy atom. The van der Waals surface area contributed by atoms with Crippen LogP contribution < -0.4 is 0 Å². The summed E-state index contributed by atoms with van der Waals surface area (Å²) in [6, 6.07) is 20.5. The fourth-order valence-electron chi connectivity index (χ4n) is 2.67. The maximum atomic E-state index is 10.9. The van der Waals surface area contributed by atoms with Crippen LogP contribution in [-0.2, 0) is 0 Å². The largest absolute Gasteiger partial charge is 0.270 e. The van der Waals surface area contributed by atoms with Crippen LogP contribution in [0.25, 0.3) is 24.3 Å². The Bertz CT molecular complexity index is 1000. The molecule has 0 aliphatic carbocycles. The van der Waals surface area contributed by atoms with Gasteiger partial charge in [-0.2, -0.15) is 0 Å². The Morgan fingerprint density at radius 3 is 1.39 bits per heavy atom. The predicted molar refractivity (Wildman–Crippen MR) is 110 cm³/mol. The zero-order valence-corrected chi connectivity index (χ0v) is 14.8. The van der Waals surface area contributed by atoms with Gasteiger partial charge in [-0.3, -0.25) is 20.2 Å². The lowest BCUT2D eigenvalue weighted by atomic mass is 10.0. The number of hydrogen-bond donors (Lipinski definition) is 0. The van der Waals surface area contributed by atoms with E-state index in [0.717, 1.165) is 22.3 Å². The second-order valence-corrected chi connectivity index (χ2v) is 6.00. The van der Waals surface area contributed by atoms with Crippen molar-refractivity contribution >= 4 is 35.7 Å². The minimum atomic E-state index is -0.424. The molecule has 0 N–H and O–H groups in total. The first-order valence-electron chi connectivity index (χ1n) is 8.47. The molecule has 0 aromatic heterocycles. The fourth-order valence-corrected chi connectivity index (χ4v) is 2.67. The number of non-ortho nitro benzene ring substituents is 2. The highest BCUT2D eigenvalue weighted by Gasteiger charge is 2.05. The SMILES string of the molecule is O=[N+]([O-])c1cccc(C=Cc2ccccc2C=Cc2cccc([N+](=O)[O-])c2)c1. The molecule has 0 saturated heterocycles. The zero-order chi connectivity index (χ0) is 19.9. The van der Waals surface area contributed by atoms with E-state index in [2.05, 4.69) is 0 Å². The molecular formula is C22H16N2O4. The van der Waals surface area contributed by atoms with Crippen LogP contribution in [-0.4, -0.2) is 9.85 Å². The third-order valence-corrected chi connectivity index (χ3v) is 4.07. The molecule has 3 aromatic carbocycles. The summed E-state index contributed by atoms with van der Waals surface area (Å²) >= 11 is 0. The highest BCUT2D eigenvalue weighted by Crippen LogP contribution is 2.20. The smallest absolute Gasteiger partial charge is 0.258 e. The van der Waals surface area contributed by atoms with Gasteiger partial charge in [0.05, 0.1) is 9.85 Å². The van der Waals surface area contributed by atoms with Crippen molar-refractivity contribution in [2.45, 2.75) is 0 Å². The maximum Gasteiger partial charge on any atom is 0.270 e. The molecule has 6 nitrogen and oxygen atoms in total. The second kappa shape index (κ2) is 8.55. The van der Waals surface area contributed by atoms with Crippen LogP contribution in [0, 0.1) is 20.2 Å². The third-order valence-electron chi connectivity index (χ3n) is 4.07. The third kappa shape index (κ3) is 4.76. The van der Waals surface area contributed by atoms with Gasteiger partial charge >= 0.3 is 0 Å². The molecule has 138 valence electrons. The standard InChI is InChI=1S/C22H16N2O4/c25-23(26)21-9-3-5-17(15-21)11-13-19-7-1-2-8-20(19)14-12-18-6-4-10-22(16-18)24(27)28/h1-16H. The van der Waals surface area contributed by atoms with Gasteiger partial charge in [-0.15, -0.1) is 0 Å². The van der Waals surface area contributed by atoms with Crippen LogP contribution in [0.1, 0.15) is 22.3 Å². The van der Waals surface area contributed by atoms with E-state index < -0.39 is 9.85 Å². The molecule has 0 amide bonds. The van der Waals surface area contributed by atoms with Gasteiger partial charge in [-0.25, -0.2) is 0 Å². The highest BCUT2D eigenvalue weighted by atomic mass is 16.6. The Kier molecular flexibility index (Phi) is 5.72. The lowest BCUT2D eigenvalue weighted by Crippen LogP contribution is -1.87. The van der Waals surface area contributed by atoms with E-state index in [4.69, 9.17) is 0 Å². The minimum absolute atomic E-state index is 0.0426. The molecule has 0 aliphatic heterocycles. The Labute approximate surface area is 161 Å². The first-order chi connectivity index (χ1) is 13.5. The number of nitro groups is 2. The quantitative estimate of drug-likeness (QED) is 0.309. The normalized spacial score (nSPS) is 11.1. The van der Waals surface area contributed by atoms with Gasteiger partial charge in [0.15, 0.2) is 0 Å². The summed E-state index contributed by atoms with van der Waals surface area (Å²) in [5.41, 5.74) is 3.40. The molecule has 0 radical (unpaired) electrons. The lowest BCUT2D eigenvalue weighted by molar-refractivity contribution is -0.385. The molecule has 0 saturated carbocycles. The van der Waals surface area contributed by atoms with Crippen LogP contribution >= 0.6 is 0 Å². The van der Waals surface area contributed by atoms with E-state index in [1.807, 2.05) is 48.6 Å². The van der Waals surface area contributed by atoms with Crippen molar-refractivity contribution in [3.05, 3.63) is 115 Å². The monoisotopic (exact) mass is 372 g/mol. The molecule has 0 heterocycles. The van der Waals surface area contributed by atoms with Gasteiger partial charge in [0.1, 0.15) is 0 Å². The van der Waals surface area contributed by atoms with Crippen LogP contribution in [0.3, 0.4) is 0 Å². The first-order valence-corrected chi connectivity index (χ1v) is 8.47. The van der Waals surface area contributed by atoms with Crippen LogP contribution in [0.2, 0.25) is 0 Å². The molecule has 0 aliphatic rings. The van der Waals surface area contributed by atoms with Gasteiger partial charge in [-0.1, -0.05) is 72.8 Å². The molecule has 28 heavy (non-hydrogen) atoms. The van der Waals surface area contributed by atoms with Gasteiger partial charge in [0, 0.05) is 24.3 Å². The fraction of sp³-hybridized carbons (Fsp3) is 0. The van der Waals surface area contributed by atoms with E-state index >= 15 is 0 Å². The Hall–Kier alpha value is -4.06. The van der Waals surface area contributed by atoms with Crippen molar-refractivity contribution < 1.29 is 9.85 Å². The summed E-state index contributed by atoms with van der Waals surface area (Å²) in [7, 11) is 0. The van der Waals surface area contributed by atoms with E-state index in [9.17, 15) is 20.2 Å². The summed E-state index contributed by atoms with van der Waals surface area (Å²) in [6.45, 7) is 0. The van der Waals surface area contributed by atoms with Crippen LogP contribution in [0.4, 0.5) is 11.4 Å². The van der Waals surface area contributed by atoms with Gasteiger partial charge < -0.3 is 0 Å². The molecular weight excluding hydrogens is 356 g/mol. The summed E-state index contributed by atoms with van der Waals surface area (Å²) < 4.78 is 0. The van der Waals surface area contributed by atoms with Crippen molar-refractivity contribution in [3.63, 3.8) is 0 Å². The number of hydrogen-bond acceptors (Lipinski definition) is 4. The summed E-state index contributed by atoms with van der Waals surface area (Å²) in [5.74, 6) is 0. The lowest BCUT2D eigenvalue weighted by Gasteiger charge is -2.01. The van der Waals surface area contributed by atoms with Gasteiger partial charge in [-0.05, 0) is 22.3 Å². The molecule has 0 spiro atoms. The van der Waals surface area contributed by atoms with E-state index in [1.54, 1.807) is 24.3 Å². The molecule has 0 fully saturated rings. The van der Waals surface area contributed by atoms with Crippen molar-refractivity contribution in [3.8, 4) is 0 Å². The van der Waals surface area contributed by atoms with E-state index in [1.165, 1.54) is 24.3 Å².